The number of rotatable bonds is 5. The summed E-state index contributed by atoms with van der Waals surface area (Å²) in [7, 11) is 0. The van der Waals surface area contributed by atoms with Gasteiger partial charge < -0.3 is 10.2 Å². The maximum absolute atomic E-state index is 3.71. The number of benzene rings is 1. The lowest BCUT2D eigenvalue weighted by molar-refractivity contribution is 0.552. The van der Waals surface area contributed by atoms with Crippen molar-refractivity contribution in [3.63, 3.8) is 0 Å². The van der Waals surface area contributed by atoms with Crippen molar-refractivity contribution in [1.82, 2.24) is 5.32 Å². The molecule has 100 valence electrons. The zero-order valence-corrected chi connectivity index (χ0v) is 13.0. The summed E-state index contributed by atoms with van der Waals surface area (Å²) >= 11 is 3.71. The van der Waals surface area contributed by atoms with Crippen LogP contribution in [0.3, 0.4) is 0 Å². The molecule has 1 aromatic carbocycles. The molecule has 0 amide bonds. The van der Waals surface area contributed by atoms with Gasteiger partial charge in [-0.1, -0.05) is 19.9 Å². The van der Waals surface area contributed by atoms with Crippen LogP contribution >= 0.6 is 15.9 Å². The average molecular weight is 311 g/mol. The number of halogens is 1. The molecule has 0 aliphatic carbocycles. The van der Waals surface area contributed by atoms with Crippen molar-refractivity contribution < 1.29 is 0 Å². The van der Waals surface area contributed by atoms with Crippen LogP contribution in [0.25, 0.3) is 0 Å². The molecule has 0 unspecified atom stereocenters. The Balaban J connectivity index is 1.96. The Hall–Kier alpha value is -0.540. The van der Waals surface area contributed by atoms with Gasteiger partial charge in [-0.3, -0.25) is 0 Å². The molecule has 0 bridgehead atoms. The van der Waals surface area contributed by atoms with E-state index in [-0.39, 0.29) is 0 Å². The van der Waals surface area contributed by atoms with Crippen molar-refractivity contribution in [2.75, 3.05) is 24.5 Å². The van der Waals surface area contributed by atoms with Crippen molar-refractivity contribution in [3.8, 4) is 0 Å². The first-order valence-electron chi connectivity index (χ1n) is 6.91. The monoisotopic (exact) mass is 310 g/mol. The number of nitrogens with zero attached hydrogens (tertiary/aromatic N) is 1. The second-order valence-corrected chi connectivity index (χ2v) is 6.36. The fourth-order valence-corrected chi connectivity index (χ4v) is 3.06. The van der Waals surface area contributed by atoms with Gasteiger partial charge in [0, 0.05) is 24.1 Å². The number of hydrogen-bond donors (Lipinski definition) is 1. The van der Waals surface area contributed by atoms with Crippen LogP contribution in [0.15, 0.2) is 22.7 Å². The van der Waals surface area contributed by atoms with E-state index in [4.69, 9.17) is 0 Å². The first kappa shape index (κ1) is 13.9. The van der Waals surface area contributed by atoms with E-state index >= 15 is 0 Å². The largest absolute Gasteiger partial charge is 0.371 e. The molecule has 0 spiro atoms. The van der Waals surface area contributed by atoms with Crippen molar-refractivity contribution in [1.29, 1.82) is 0 Å². The minimum Gasteiger partial charge on any atom is -0.371 e. The van der Waals surface area contributed by atoms with Crippen LogP contribution in [0.2, 0.25) is 0 Å². The Bertz CT molecular complexity index is 384. The normalized spacial score (nSPS) is 15.7. The summed E-state index contributed by atoms with van der Waals surface area (Å²) in [5.41, 5.74) is 2.70. The summed E-state index contributed by atoms with van der Waals surface area (Å²) in [6.07, 6.45) is 2.65. The molecule has 2 nitrogen and oxygen atoms in total. The third-order valence-electron chi connectivity index (χ3n) is 3.34. The van der Waals surface area contributed by atoms with Gasteiger partial charge in [-0.25, -0.2) is 0 Å². The summed E-state index contributed by atoms with van der Waals surface area (Å²) in [5.74, 6) is 0.706. The first-order chi connectivity index (χ1) is 8.66. The van der Waals surface area contributed by atoms with Gasteiger partial charge in [0.05, 0.1) is 5.69 Å². The number of nitrogens with one attached hydrogen (secondary N) is 1. The third kappa shape index (κ3) is 3.72. The van der Waals surface area contributed by atoms with Crippen molar-refractivity contribution in [3.05, 3.63) is 28.2 Å². The molecule has 18 heavy (non-hydrogen) atoms. The van der Waals surface area contributed by atoms with E-state index in [1.165, 1.54) is 41.7 Å². The van der Waals surface area contributed by atoms with E-state index in [2.05, 4.69) is 58.2 Å². The zero-order valence-electron chi connectivity index (χ0n) is 11.4. The van der Waals surface area contributed by atoms with Crippen molar-refractivity contribution in [2.24, 2.45) is 5.92 Å². The van der Waals surface area contributed by atoms with Gasteiger partial charge >= 0.3 is 0 Å². The summed E-state index contributed by atoms with van der Waals surface area (Å²) in [6.45, 7) is 8.90. The highest BCUT2D eigenvalue weighted by atomic mass is 79.9. The minimum atomic E-state index is 0.706. The lowest BCUT2D eigenvalue weighted by Gasteiger charge is -2.20. The summed E-state index contributed by atoms with van der Waals surface area (Å²) < 4.78 is 1.23. The predicted octanol–water partition coefficient (Wildman–Crippen LogP) is 3.79. The van der Waals surface area contributed by atoms with Gasteiger partial charge in [0.1, 0.15) is 0 Å². The lowest BCUT2D eigenvalue weighted by Crippen LogP contribution is -2.20. The Morgan fingerprint density at radius 1 is 1.28 bits per heavy atom. The molecule has 1 heterocycles. The standard InChI is InChI=1S/C15H23BrN2/c1-12(2)10-17-11-13-5-6-15(14(16)9-13)18-7-3-4-8-18/h5-6,9,12,17H,3-4,7-8,10-11H2,1-2H3. The van der Waals surface area contributed by atoms with Gasteiger partial charge in [-0.2, -0.15) is 0 Å². The minimum absolute atomic E-state index is 0.706. The molecule has 1 fully saturated rings. The molecule has 1 aliphatic heterocycles. The van der Waals surface area contributed by atoms with Crippen LogP contribution in [0.4, 0.5) is 5.69 Å². The molecule has 0 saturated carbocycles. The van der Waals surface area contributed by atoms with Crippen LogP contribution < -0.4 is 10.2 Å². The van der Waals surface area contributed by atoms with E-state index in [1.807, 2.05) is 0 Å². The van der Waals surface area contributed by atoms with Crippen LogP contribution in [0, 0.1) is 5.92 Å². The Labute approximate surface area is 119 Å². The Morgan fingerprint density at radius 3 is 2.61 bits per heavy atom. The smallest absolute Gasteiger partial charge is 0.0510 e. The molecule has 0 radical (unpaired) electrons. The topological polar surface area (TPSA) is 15.3 Å². The SMILES string of the molecule is CC(C)CNCc1ccc(N2CCCC2)c(Br)c1. The molecule has 3 heteroatoms. The summed E-state index contributed by atoms with van der Waals surface area (Å²) in [6, 6.07) is 6.74. The van der Waals surface area contributed by atoms with Crippen LogP contribution in [0.1, 0.15) is 32.3 Å². The van der Waals surface area contributed by atoms with Crippen LogP contribution in [-0.4, -0.2) is 19.6 Å². The molecule has 0 atom stereocenters. The molecule has 1 saturated heterocycles. The van der Waals surface area contributed by atoms with Crippen LogP contribution in [-0.2, 0) is 6.54 Å². The molecular weight excluding hydrogens is 288 g/mol. The summed E-state index contributed by atoms with van der Waals surface area (Å²) in [4.78, 5) is 2.47. The van der Waals surface area contributed by atoms with Gasteiger partial charge in [-0.15, -0.1) is 0 Å². The first-order valence-corrected chi connectivity index (χ1v) is 7.70. The quantitative estimate of drug-likeness (QED) is 0.890. The van der Waals surface area contributed by atoms with E-state index in [0.717, 1.165) is 13.1 Å². The zero-order chi connectivity index (χ0) is 13.0. The van der Waals surface area contributed by atoms with E-state index < -0.39 is 0 Å². The molecule has 1 aliphatic rings. The van der Waals surface area contributed by atoms with E-state index in [1.54, 1.807) is 0 Å². The third-order valence-corrected chi connectivity index (χ3v) is 3.98. The van der Waals surface area contributed by atoms with Gasteiger partial charge in [0.15, 0.2) is 0 Å². The van der Waals surface area contributed by atoms with E-state index in [0.29, 0.717) is 5.92 Å². The van der Waals surface area contributed by atoms with E-state index in [9.17, 15) is 0 Å². The highest BCUT2D eigenvalue weighted by molar-refractivity contribution is 9.10. The average Bonchev–Trinajstić information content (AvgIpc) is 2.82. The lowest BCUT2D eigenvalue weighted by atomic mass is 10.1. The number of hydrogen-bond acceptors (Lipinski definition) is 2. The second-order valence-electron chi connectivity index (χ2n) is 5.50. The van der Waals surface area contributed by atoms with Crippen molar-refractivity contribution >= 4 is 21.6 Å². The highest BCUT2D eigenvalue weighted by Crippen LogP contribution is 2.29. The van der Waals surface area contributed by atoms with Crippen LogP contribution in [0.5, 0.6) is 0 Å². The fourth-order valence-electron chi connectivity index (χ4n) is 2.38. The van der Waals surface area contributed by atoms with Gasteiger partial charge in [-0.05, 0) is 58.9 Å². The Kier molecular flexibility index (Phi) is 5.07. The maximum atomic E-state index is 3.71. The maximum Gasteiger partial charge on any atom is 0.0510 e. The molecular formula is C15H23BrN2. The summed E-state index contributed by atoms with van der Waals surface area (Å²) in [5, 5.41) is 3.48. The van der Waals surface area contributed by atoms with Gasteiger partial charge in [0.25, 0.3) is 0 Å². The molecule has 1 N–H and O–H groups in total. The highest BCUT2D eigenvalue weighted by Gasteiger charge is 2.14. The molecule has 0 aromatic heterocycles. The predicted molar refractivity (Wildman–Crippen MR) is 82.1 cm³/mol. The molecule has 2 rings (SSSR count). The second kappa shape index (κ2) is 6.58. The Morgan fingerprint density at radius 2 is 2.00 bits per heavy atom. The van der Waals surface area contributed by atoms with Crippen molar-refractivity contribution in [2.45, 2.75) is 33.2 Å². The van der Waals surface area contributed by atoms with Gasteiger partial charge in [0.2, 0.25) is 0 Å². The number of anilines is 1. The molecule has 1 aromatic rings. The fraction of sp³-hybridized carbons (Fsp3) is 0.600.